The lowest BCUT2D eigenvalue weighted by Gasteiger charge is -2.44. The van der Waals surface area contributed by atoms with Crippen LogP contribution in [-0.2, 0) is 10.9 Å². The number of halogens is 3. The molecule has 0 bridgehead atoms. The molecule has 0 spiro atoms. The highest BCUT2D eigenvalue weighted by Crippen LogP contribution is 2.43. The molecule has 8 nitrogen and oxygen atoms in total. The fraction of sp³-hybridized carbons (Fsp3) is 0.680. The van der Waals surface area contributed by atoms with Gasteiger partial charge < -0.3 is 19.1 Å². The maximum Gasteiger partial charge on any atom is 0.418 e. The summed E-state index contributed by atoms with van der Waals surface area (Å²) in [5, 5.41) is 9.35. The van der Waals surface area contributed by atoms with Crippen LogP contribution < -0.4 is 4.90 Å². The van der Waals surface area contributed by atoms with Crippen molar-refractivity contribution in [3.05, 3.63) is 18.1 Å². The Morgan fingerprint density at radius 1 is 1.14 bits per heavy atom. The molecule has 0 N–H and O–H groups in total. The number of alkyl halides is 3. The average Bonchev–Trinajstić information content (AvgIpc) is 3.20. The molecule has 3 heterocycles. The van der Waals surface area contributed by atoms with Crippen LogP contribution in [-0.4, -0.2) is 56.3 Å². The van der Waals surface area contributed by atoms with Gasteiger partial charge in [-0.25, -0.2) is 14.8 Å². The lowest BCUT2D eigenvalue weighted by Crippen LogP contribution is -2.59. The van der Waals surface area contributed by atoms with E-state index in [9.17, 15) is 23.2 Å². The number of anilines is 1. The monoisotopic (exact) mass is 506 g/mol. The molecule has 0 radical (unpaired) electrons. The molecule has 11 heteroatoms. The van der Waals surface area contributed by atoms with E-state index in [1.165, 1.54) is 6.33 Å². The molecule has 1 saturated heterocycles. The van der Waals surface area contributed by atoms with E-state index < -0.39 is 23.4 Å². The number of rotatable bonds is 2. The Morgan fingerprint density at radius 3 is 2.50 bits per heavy atom. The largest absolute Gasteiger partial charge is 0.444 e. The first-order valence-corrected chi connectivity index (χ1v) is 12.4. The number of nitriles is 1. The van der Waals surface area contributed by atoms with Crippen LogP contribution in [0.3, 0.4) is 0 Å². The molecule has 1 amide bonds. The summed E-state index contributed by atoms with van der Waals surface area (Å²) in [5.41, 5.74) is -1.20. The maximum atomic E-state index is 14.3. The fourth-order valence-electron chi connectivity index (χ4n) is 5.31. The molecule has 4 unspecified atom stereocenters. The number of amides is 1. The summed E-state index contributed by atoms with van der Waals surface area (Å²) in [6.45, 7) is 9.68. The number of nitrogens with zero attached hydrogens (tertiary/aromatic N) is 6. The smallest absolute Gasteiger partial charge is 0.418 e. The normalized spacial score (nSPS) is 25.6. The van der Waals surface area contributed by atoms with Crippen molar-refractivity contribution in [2.75, 3.05) is 18.0 Å². The number of hydrogen-bond donors (Lipinski definition) is 0. The first kappa shape index (κ1) is 26.0. The second-order valence-corrected chi connectivity index (χ2v) is 11.0. The lowest BCUT2D eigenvalue weighted by atomic mass is 9.86. The minimum absolute atomic E-state index is 0.0335. The summed E-state index contributed by atoms with van der Waals surface area (Å²) in [5.74, 6) is 0.0283. The molecule has 4 rings (SSSR count). The first-order chi connectivity index (χ1) is 16.8. The number of carbonyl (C=O) groups excluding carboxylic acids is 1. The van der Waals surface area contributed by atoms with E-state index >= 15 is 0 Å². The summed E-state index contributed by atoms with van der Waals surface area (Å²) < 4.78 is 50.0. The van der Waals surface area contributed by atoms with E-state index in [2.05, 4.69) is 16.0 Å². The maximum absolute atomic E-state index is 14.3. The SMILES string of the molecule is CC1CN(c2ncnc3c2c(C(F)(F)F)cn3C2CCCC(C#N)C2)C(C)CN1C(=O)OC(C)(C)C. The zero-order valence-electron chi connectivity index (χ0n) is 21.3. The minimum Gasteiger partial charge on any atom is -0.444 e. The second kappa shape index (κ2) is 9.45. The Labute approximate surface area is 209 Å². The van der Waals surface area contributed by atoms with Gasteiger partial charge in [-0.1, -0.05) is 6.42 Å². The van der Waals surface area contributed by atoms with Crippen molar-refractivity contribution in [3.8, 4) is 6.07 Å². The quantitative estimate of drug-likeness (QED) is 0.532. The summed E-state index contributed by atoms with van der Waals surface area (Å²) in [6.07, 6.45) is 0.132. The van der Waals surface area contributed by atoms with Gasteiger partial charge in [0.1, 0.15) is 23.4 Å². The minimum atomic E-state index is -4.60. The predicted molar refractivity (Wildman–Crippen MR) is 128 cm³/mol. The van der Waals surface area contributed by atoms with Crippen LogP contribution in [0.1, 0.15) is 71.9 Å². The van der Waals surface area contributed by atoms with Crippen LogP contribution in [0.2, 0.25) is 0 Å². The Kier molecular flexibility index (Phi) is 6.84. The van der Waals surface area contributed by atoms with Crippen molar-refractivity contribution in [3.63, 3.8) is 0 Å². The highest BCUT2D eigenvalue weighted by molar-refractivity contribution is 5.92. The van der Waals surface area contributed by atoms with Crippen LogP contribution in [0, 0.1) is 17.2 Å². The van der Waals surface area contributed by atoms with Gasteiger partial charge in [0.15, 0.2) is 0 Å². The highest BCUT2D eigenvalue weighted by Gasteiger charge is 2.41. The molecular formula is C25H33F3N6O2. The Morgan fingerprint density at radius 2 is 1.86 bits per heavy atom. The van der Waals surface area contributed by atoms with Gasteiger partial charge in [-0.05, 0) is 53.9 Å². The van der Waals surface area contributed by atoms with Crippen molar-refractivity contribution in [2.45, 2.75) is 90.2 Å². The lowest BCUT2D eigenvalue weighted by molar-refractivity contribution is -0.136. The third-order valence-electron chi connectivity index (χ3n) is 7.00. The molecule has 4 atom stereocenters. The zero-order valence-corrected chi connectivity index (χ0v) is 21.3. The van der Waals surface area contributed by atoms with E-state index in [1.807, 2.05) is 18.7 Å². The third-order valence-corrected chi connectivity index (χ3v) is 7.00. The van der Waals surface area contributed by atoms with Crippen LogP contribution in [0.4, 0.5) is 23.8 Å². The molecule has 2 aromatic heterocycles. The van der Waals surface area contributed by atoms with Crippen LogP contribution in [0.15, 0.2) is 12.5 Å². The zero-order chi connectivity index (χ0) is 26.4. The van der Waals surface area contributed by atoms with E-state index in [4.69, 9.17) is 4.74 Å². The van der Waals surface area contributed by atoms with E-state index in [0.29, 0.717) is 19.4 Å². The Hall–Kier alpha value is -3.03. The molecule has 1 aliphatic heterocycles. The number of hydrogen-bond acceptors (Lipinski definition) is 6. The molecule has 36 heavy (non-hydrogen) atoms. The van der Waals surface area contributed by atoms with E-state index in [1.54, 1.807) is 30.2 Å². The number of aromatic nitrogens is 3. The first-order valence-electron chi connectivity index (χ1n) is 12.4. The summed E-state index contributed by atoms with van der Waals surface area (Å²) >= 11 is 0. The van der Waals surface area contributed by atoms with Crippen molar-refractivity contribution in [1.82, 2.24) is 19.4 Å². The van der Waals surface area contributed by atoms with Gasteiger partial charge in [-0.15, -0.1) is 0 Å². The number of ether oxygens (including phenoxy) is 1. The van der Waals surface area contributed by atoms with Crippen molar-refractivity contribution >= 4 is 22.9 Å². The fourth-order valence-corrected chi connectivity index (χ4v) is 5.31. The predicted octanol–water partition coefficient (Wildman–Crippen LogP) is 5.54. The Balaban J connectivity index is 1.73. The number of piperazine rings is 1. The molecule has 1 saturated carbocycles. The second-order valence-electron chi connectivity index (χ2n) is 11.0. The van der Waals surface area contributed by atoms with Crippen molar-refractivity contribution in [1.29, 1.82) is 5.26 Å². The van der Waals surface area contributed by atoms with Crippen LogP contribution >= 0.6 is 0 Å². The van der Waals surface area contributed by atoms with Gasteiger partial charge in [-0.2, -0.15) is 18.4 Å². The molecule has 1 aliphatic carbocycles. The molecule has 2 aromatic rings. The standard InChI is InChI=1S/C25H33F3N6O2/c1-15-12-33(23(35)36-24(3,4)5)16(2)11-32(15)21-20-19(25(26,27)28)13-34(22(20)31-14-30-21)18-8-6-7-17(9-18)10-29/h13-18H,6-9,11-12H2,1-5H3. The van der Waals surface area contributed by atoms with Gasteiger partial charge in [-0.3, -0.25) is 0 Å². The molecular weight excluding hydrogens is 473 g/mol. The van der Waals surface area contributed by atoms with E-state index in [0.717, 1.165) is 19.0 Å². The Bertz CT molecular complexity index is 1170. The van der Waals surface area contributed by atoms with Crippen molar-refractivity contribution in [2.24, 2.45) is 5.92 Å². The van der Waals surface area contributed by atoms with Crippen LogP contribution in [0.25, 0.3) is 11.0 Å². The van der Waals surface area contributed by atoms with E-state index in [-0.39, 0.29) is 47.4 Å². The van der Waals surface area contributed by atoms with Gasteiger partial charge in [0.2, 0.25) is 0 Å². The number of fused-ring (bicyclic) bond motifs is 1. The van der Waals surface area contributed by atoms with Gasteiger partial charge in [0.05, 0.1) is 17.0 Å². The molecule has 2 aliphatic rings. The molecule has 196 valence electrons. The molecule has 2 fully saturated rings. The van der Waals surface area contributed by atoms with Gasteiger partial charge in [0, 0.05) is 43.3 Å². The average molecular weight is 507 g/mol. The van der Waals surface area contributed by atoms with Crippen LogP contribution in [0.5, 0.6) is 0 Å². The summed E-state index contributed by atoms with van der Waals surface area (Å²) in [7, 11) is 0. The topological polar surface area (TPSA) is 87.3 Å². The van der Waals surface area contributed by atoms with Crippen molar-refractivity contribution < 1.29 is 22.7 Å². The summed E-state index contributed by atoms with van der Waals surface area (Å²) in [6, 6.07) is 1.44. The van der Waals surface area contributed by atoms with Gasteiger partial charge >= 0.3 is 12.3 Å². The van der Waals surface area contributed by atoms with Gasteiger partial charge in [0.25, 0.3) is 0 Å². The highest BCUT2D eigenvalue weighted by atomic mass is 19.4. The number of carbonyl (C=O) groups is 1. The third kappa shape index (κ3) is 5.08. The summed E-state index contributed by atoms with van der Waals surface area (Å²) in [4.78, 5) is 24.8. The molecule has 0 aromatic carbocycles.